The van der Waals surface area contributed by atoms with Crippen LogP contribution in [0.5, 0.6) is 0 Å². The molecule has 5 nitrogen and oxygen atoms in total. The number of Topliss-reactive ketones (excluding diaryl/α,β-unsaturated/α-hetero) is 1. The van der Waals surface area contributed by atoms with E-state index in [1.165, 1.54) is 49.0 Å². The van der Waals surface area contributed by atoms with E-state index in [0.717, 1.165) is 4.96 Å². The Morgan fingerprint density at radius 2 is 1.93 bits per heavy atom. The Hall–Kier alpha value is -2.47. The van der Waals surface area contributed by atoms with Gasteiger partial charge in [-0.05, 0) is 24.3 Å². The van der Waals surface area contributed by atoms with Crippen LogP contribution >= 0.6 is 11.3 Å². The van der Waals surface area contributed by atoms with Crippen molar-refractivity contribution in [2.24, 2.45) is 0 Å². The molecular formula is C21H22N2O3S. The number of ether oxygens (including phenoxy) is 1. The highest BCUT2D eigenvalue weighted by Crippen LogP contribution is 2.32. The first kappa shape index (κ1) is 17.9. The van der Waals surface area contributed by atoms with Gasteiger partial charge in [0.15, 0.2) is 17.4 Å². The molecule has 2 heterocycles. The minimum Gasteiger partial charge on any atom is -0.457 e. The molecule has 2 aromatic heterocycles. The maximum absolute atomic E-state index is 12.3. The van der Waals surface area contributed by atoms with Crippen molar-refractivity contribution in [1.82, 2.24) is 9.38 Å². The summed E-state index contributed by atoms with van der Waals surface area (Å²) in [6.45, 7) is -0.232. The van der Waals surface area contributed by atoms with Gasteiger partial charge in [0.2, 0.25) is 0 Å². The Balaban J connectivity index is 1.29. The van der Waals surface area contributed by atoms with Gasteiger partial charge >= 0.3 is 5.97 Å². The van der Waals surface area contributed by atoms with Gasteiger partial charge in [0.25, 0.3) is 0 Å². The molecule has 0 N–H and O–H groups in total. The van der Waals surface area contributed by atoms with E-state index in [9.17, 15) is 9.59 Å². The number of benzene rings is 1. The molecule has 0 atom stereocenters. The molecule has 3 aromatic rings. The van der Waals surface area contributed by atoms with Gasteiger partial charge < -0.3 is 4.74 Å². The average Bonchev–Trinajstić information content (AvgIpc) is 3.28. The second kappa shape index (κ2) is 8.05. The molecule has 0 aliphatic heterocycles. The highest BCUT2D eigenvalue weighted by molar-refractivity contribution is 7.15. The SMILES string of the molecule is O=C(Cc1cn2ccsc2n1)OCC(=O)c1ccc(C2CCCCC2)cc1. The summed E-state index contributed by atoms with van der Waals surface area (Å²) in [5, 5.41) is 1.93. The standard InChI is InChI=1S/C21H22N2O3S/c24-19(17-8-6-16(7-9-17)15-4-2-1-3-5-15)14-26-20(25)12-18-13-23-10-11-27-21(23)22-18/h6-11,13,15H,1-5,12,14H2. The fourth-order valence-corrected chi connectivity index (χ4v) is 4.39. The van der Waals surface area contributed by atoms with Gasteiger partial charge in [0.1, 0.15) is 0 Å². The summed E-state index contributed by atoms with van der Waals surface area (Å²) in [4.78, 5) is 29.5. The summed E-state index contributed by atoms with van der Waals surface area (Å²) >= 11 is 1.51. The van der Waals surface area contributed by atoms with Crippen LogP contribution in [0.15, 0.2) is 42.0 Å². The Labute approximate surface area is 162 Å². The zero-order valence-corrected chi connectivity index (χ0v) is 15.9. The lowest BCUT2D eigenvalue weighted by molar-refractivity contribution is -0.141. The van der Waals surface area contributed by atoms with Crippen molar-refractivity contribution < 1.29 is 14.3 Å². The number of ketones is 1. The van der Waals surface area contributed by atoms with Gasteiger partial charge in [-0.2, -0.15) is 0 Å². The molecule has 4 rings (SSSR count). The summed E-state index contributed by atoms with van der Waals surface area (Å²) < 4.78 is 7.01. The number of aromatic nitrogens is 2. The lowest BCUT2D eigenvalue weighted by Gasteiger charge is -2.22. The van der Waals surface area contributed by atoms with Crippen LogP contribution in [0.4, 0.5) is 0 Å². The molecule has 0 amide bonds. The first-order valence-electron chi connectivity index (χ1n) is 9.39. The smallest absolute Gasteiger partial charge is 0.312 e. The van der Waals surface area contributed by atoms with Gasteiger partial charge in [-0.3, -0.25) is 14.0 Å². The van der Waals surface area contributed by atoms with E-state index < -0.39 is 5.97 Å². The number of carbonyl (C=O) groups is 2. The topological polar surface area (TPSA) is 60.7 Å². The Bertz CT molecular complexity index is 907. The molecule has 0 unspecified atom stereocenters. The monoisotopic (exact) mass is 382 g/mol. The van der Waals surface area contributed by atoms with Crippen LogP contribution in [-0.2, 0) is 16.0 Å². The predicted octanol–water partition coefficient (Wildman–Crippen LogP) is 4.41. The summed E-state index contributed by atoms with van der Waals surface area (Å²) in [6.07, 6.45) is 10.1. The summed E-state index contributed by atoms with van der Waals surface area (Å²) in [7, 11) is 0. The molecule has 0 saturated heterocycles. The number of rotatable bonds is 6. The maximum Gasteiger partial charge on any atom is 0.312 e. The van der Waals surface area contributed by atoms with E-state index in [2.05, 4.69) is 4.98 Å². The highest BCUT2D eigenvalue weighted by Gasteiger charge is 2.17. The first-order valence-corrected chi connectivity index (χ1v) is 10.3. The van der Waals surface area contributed by atoms with Crippen LogP contribution in [0.3, 0.4) is 0 Å². The first-order chi connectivity index (χ1) is 13.2. The number of nitrogens with zero attached hydrogens (tertiary/aromatic N) is 2. The molecule has 140 valence electrons. The van der Waals surface area contributed by atoms with Gasteiger partial charge in [-0.25, -0.2) is 4.98 Å². The molecule has 0 spiro atoms. The number of carbonyl (C=O) groups excluding carboxylic acids is 2. The van der Waals surface area contributed by atoms with Crippen LogP contribution < -0.4 is 0 Å². The predicted molar refractivity (Wildman–Crippen MR) is 104 cm³/mol. The van der Waals surface area contributed by atoms with Crippen LogP contribution in [0.25, 0.3) is 4.96 Å². The Morgan fingerprint density at radius 3 is 2.67 bits per heavy atom. The largest absolute Gasteiger partial charge is 0.457 e. The zero-order valence-electron chi connectivity index (χ0n) is 15.1. The third-order valence-corrected chi connectivity index (χ3v) is 5.91. The average molecular weight is 382 g/mol. The van der Waals surface area contributed by atoms with Gasteiger partial charge in [0.05, 0.1) is 12.1 Å². The molecule has 1 aliphatic carbocycles. The fraction of sp³-hybridized carbons (Fsp3) is 0.381. The van der Waals surface area contributed by atoms with Crippen molar-refractivity contribution >= 4 is 28.1 Å². The number of hydrogen-bond acceptors (Lipinski definition) is 5. The maximum atomic E-state index is 12.3. The molecular weight excluding hydrogens is 360 g/mol. The van der Waals surface area contributed by atoms with E-state index >= 15 is 0 Å². The number of esters is 1. The number of hydrogen-bond donors (Lipinski definition) is 0. The summed E-state index contributed by atoms with van der Waals surface area (Å²) in [5.74, 6) is 0.00238. The molecule has 27 heavy (non-hydrogen) atoms. The van der Waals surface area contributed by atoms with Crippen molar-refractivity contribution in [3.05, 3.63) is 58.9 Å². The quantitative estimate of drug-likeness (QED) is 0.468. The second-order valence-corrected chi connectivity index (χ2v) is 7.92. The fourth-order valence-electron chi connectivity index (χ4n) is 3.67. The lowest BCUT2D eigenvalue weighted by Crippen LogP contribution is -2.16. The molecule has 1 saturated carbocycles. The molecule has 6 heteroatoms. The number of thiazole rings is 1. The van der Waals surface area contributed by atoms with Crippen molar-refractivity contribution in [2.75, 3.05) is 6.61 Å². The second-order valence-electron chi connectivity index (χ2n) is 7.04. The van der Waals surface area contributed by atoms with Crippen molar-refractivity contribution in [2.45, 2.75) is 44.4 Å². The Morgan fingerprint density at radius 1 is 1.15 bits per heavy atom. The zero-order chi connectivity index (χ0) is 18.6. The van der Waals surface area contributed by atoms with Crippen LogP contribution in [0, 0.1) is 0 Å². The third-order valence-electron chi connectivity index (χ3n) is 5.14. The third kappa shape index (κ3) is 4.27. The van der Waals surface area contributed by atoms with E-state index in [1.807, 2.05) is 40.2 Å². The van der Waals surface area contributed by atoms with Crippen molar-refractivity contribution in [3.8, 4) is 0 Å². The van der Waals surface area contributed by atoms with Crippen LogP contribution in [0.1, 0.15) is 59.6 Å². The molecule has 1 fully saturated rings. The summed E-state index contributed by atoms with van der Waals surface area (Å²) in [5.41, 5.74) is 2.55. The van der Waals surface area contributed by atoms with Gasteiger partial charge in [-0.1, -0.05) is 43.5 Å². The van der Waals surface area contributed by atoms with Crippen LogP contribution in [-0.4, -0.2) is 27.7 Å². The van der Waals surface area contributed by atoms with E-state index in [0.29, 0.717) is 17.2 Å². The molecule has 1 aliphatic rings. The van der Waals surface area contributed by atoms with Crippen LogP contribution in [0.2, 0.25) is 0 Å². The minimum absolute atomic E-state index is 0.0717. The lowest BCUT2D eigenvalue weighted by atomic mass is 9.84. The Kier molecular flexibility index (Phi) is 5.34. The number of fused-ring (bicyclic) bond motifs is 1. The van der Waals surface area contributed by atoms with E-state index in [-0.39, 0.29) is 18.8 Å². The normalized spacial score (nSPS) is 15.1. The summed E-state index contributed by atoms with van der Waals surface area (Å²) in [6, 6.07) is 7.79. The van der Waals surface area contributed by atoms with E-state index in [1.54, 1.807) is 6.20 Å². The highest BCUT2D eigenvalue weighted by atomic mass is 32.1. The van der Waals surface area contributed by atoms with Crippen molar-refractivity contribution in [1.29, 1.82) is 0 Å². The minimum atomic E-state index is -0.437. The van der Waals surface area contributed by atoms with E-state index in [4.69, 9.17) is 4.74 Å². The molecule has 0 bridgehead atoms. The molecule has 1 aromatic carbocycles. The van der Waals surface area contributed by atoms with Gasteiger partial charge in [0, 0.05) is 23.3 Å². The van der Waals surface area contributed by atoms with Gasteiger partial charge in [-0.15, -0.1) is 11.3 Å². The number of imidazole rings is 1. The van der Waals surface area contributed by atoms with Crippen molar-refractivity contribution in [3.63, 3.8) is 0 Å². The molecule has 0 radical (unpaired) electrons.